The summed E-state index contributed by atoms with van der Waals surface area (Å²) in [6.45, 7) is 1.29. The van der Waals surface area contributed by atoms with Crippen LogP contribution in [0.5, 0.6) is 0 Å². The molecule has 1 heterocycles. The van der Waals surface area contributed by atoms with Gasteiger partial charge in [0.2, 0.25) is 5.76 Å². The predicted octanol–water partition coefficient (Wildman–Crippen LogP) is 4.33. The Morgan fingerprint density at radius 1 is 1.24 bits per heavy atom. The van der Waals surface area contributed by atoms with E-state index in [4.69, 9.17) is 44.0 Å². The normalized spacial score (nSPS) is 11.7. The van der Waals surface area contributed by atoms with E-state index in [1.165, 1.54) is 19.1 Å². The summed E-state index contributed by atoms with van der Waals surface area (Å²) in [4.78, 5) is 33.7. The molecule has 1 amide bonds. The molecular weight excluding hydrogens is 399 g/mol. The Balaban J connectivity index is 2.05. The maximum atomic E-state index is 12.1. The fraction of sp³-hybridized carbons (Fsp3) is 0.143. The highest BCUT2D eigenvalue weighted by Gasteiger charge is 2.24. The van der Waals surface area contributed by atoms with Gasteiger partial charge in [-0.1, -0.05) is 34.8 Å². The molecule has 25 heavy (non-hydrogen) atoms. The van der Waals surface area contributed by atoms with Crippen molar-refractivity contribution in [3.05, 3.63) is 55.2 Å². The molecule has 2 aromatic rings. The van der Waals surface area contributed by atoms with Crippen LogP contribution in [0.25, 0.3) is 0 Å². The molecule has 2 rings (SSSR count). The highest BCUT2D eigenvalue weighted by atomic mass is 35.5. The van der Waals surface area contributed by atoms with Crippen molar-refractivity contribution in [1.82, 2.24) is 0 Å². The molecule has 0 fully saturated rings. The van der Waals surface area contributed by atoms with E-state index in [-0.39, 0.29) is 20.8 Å². The van der Waals surface area contributed by atoms with Gasteiger partial charge in [0.15, 0.2) is 6.10 Å². The Labute approximate surface area is 155 Å². The first-order valence-electron chi connectivity index (χ1n) is 6.59. The number of esters is 1. The van der Waals surface area contributed by atoms with E-state index in [0.29, 0.717) is 0 Å². The lowest BCUT2D eigenvalue weighted by Crippen LogP contribution is -2.30. The average molecular weight is 408 g/mol. The molecule has 0 aliphatic heterocycles. The number of hydrogen-bond donors (Lipinski definition) is 1. The molecule has 0 aliphatic rings. The number of furan rings is 1. The van der Waals surface area contributed by atoms with E-state index in [2.05, 4.69) is 5.32 Å². The van der Waals surface area contributed by atoms with Crippen LogP contribution in [0.3, 0.4) is 0 Å². The van der Waals surface area contributed by atoms with Crippen LogP contribution in [0.4, 0.5) is 11.6 Å². The number of nitro groups is 1. The second-order valence-corrected chi connectivity index (χ2v) is 5.93. The van der Waals surface area contributed by atoms with Gasteiger partial charge < -0.3 is 14.5 Å². The topological polar surface area (TPSA) is 112 Å². The molecule has 1 aromatic heterocycles. The van der Waals surface area contributed by atoms with Crippen LogP contribution >= 0.6 is 34.8 Å². The van der Waals surface area contributed by atoms with Crippen LogP contribution < -0.4 is 5.32 Å². The van der Waals surface area contributed by atoms with Crippen LogP contribution in [0.2, 0.25) is 15.1 Å². The number of benzene rings is 1. The molecule has 0 saturated carbocycles. The molecule has 1 N–H and O–H groups in total. The largest absolute Gasteiger partial charge is 0.447 e. The molecular formula is C14H9Cl3N2O6. The summed E-state index contributed by atoms with van der Waals surface area (Å²) in [7, 11) is 0. The van der Waals surface area contributed by atoms with Gasteiger partial charge in [-0.3, -0.25) is 14.9 Å². The first-order valence-corrected chi connectivity index (χ1v) is 7.73. The standard InChI is InChI=1S/C14H9Cl3N2O6/c1-6(24-14(21)10-2-3-11(25-10)19(22)23)13(20)18-12-8(16)4-7(15)5-9(12)17/h2-6H,1H3,(H,18,20)/t6-/m1/s1. The van der Waals surface area contributed by atoms with Crippen molar-refractivity contribution < 1.29 is 23.7 Å². The molecule has 0 unspecified atom stereocenters. The number of carbonyl (C=O) groups is 2. The van der Waals surface area contributed by atoms with Crippen molar-refractivity contribution in [2.45, 2.75) is 13.0 Å². The number of nitrogens with zero attached hydrogens (tertiary/aromatic N) is 1. The van der Waals surface area contributed by atoms with Crippen LogP contribution in [0.15, 0.2) is 28.7 Å². The van der Waals surface area contributed by atoms with Crippen molar-refractivity contribution >= 4 is 58.3 Å². The SMILES string of the molecule is C[C@@H](OC(=O)c1ccc([N+](=O)[O-])o1)C(=O)Nc1c(Cl)cc(Cl)cc1Cl. The third-order valence-corrected chi connectivity index (χ3v) is 3.70. The Morgan fingerprint density at radius 3 is 2.36 bits per heavy atom. The highest BCUT2D eigenvalue weighted by molar-refractivity contribution is 6.42. The Bertz CT molecular complexity index is 828. The number of ether oxygens (including phenoxy) is 1. The first kappa shape index (κ1) is 19.0. The maximum Gasteiger partial charge on any atom is 0.433 e. The highest BCUT2D eigenvalue weighted by Crippen LogP contribution is 2.33. The lowest BCUT2D eigenvalue weighted by atomic mass is 10.3. The lowest BCUT2D eigenvalue weighted by molar-refractivity contribution is -0.402. The van der Waals surface area contributed by atoms with Crippen molar-refractivity contribution in [2.24, 2.45) is 0 Å². The molecule has 132 valence electrons. The summed E-state index contributed by atoms with van der Waals surface area (Å²) in [5.41, 5.74) is 0.106. The fourth-order valence-electron chi connectivity index (χ4n) is 1.69. The minimum absolute atomic E-state index is 0.103. The zero-order valence-electron chi connectivity index (χ0n) is 12.4. The molecule has 11 heteroatoms. The van der Waals surface area contributed by atoms with Gasteiger partial charge in [0, 0.05) is 5.02 Å². The third kappa shape index (κ3) is 4.62. The number of halogens is 3. The Hall–Kier alpha value is -2.29. The van der Waals surface area contributed by atoms with Gasteiger partial charge in [-0.05, 0) is 25.1 Å². The van der Waals surface area contributed by atoms with Gasteiger partial charge in [0.05, 0.1) is 21.8 Å². The van der Waals surface area contributed by atoms with E-state index in [1.807, 2.05) is 0 Å². The smallest absolute Gasteiger partial charge is 0.433 e. The summed E-state index contributed by atoms with van der Waals surface area (Å²) < 4.78 is 9.58. The zero-order chi connectivity index (χ0) is 18.7. The predicted molar refractivity (Wildman–Crippen MR) is 90.3 cm³/mol. The van der Waals surface area contributed by atoms with Crippen molar-refractivity contribution in [2.75, 3.05) is 5.32 Å². The monoisotopic (exact) mass is 406 g/mol. The lowest BCUT2D eigenvalue weighted by Gasteiger charge is -2.14. The molecule has 1 aromatic carbocycles. The molecule has 0 radical (unpaired) electrons. The quantitative estimate of drug-likeness (QED) is 0.448. The van der Waals surface area contributed by atoms with Gasteiger partial charge >= 0.3 is 11.9 Å². The van der Waals surface area contributed by atoms with Gasteiger partial charge in [-0.2, -0.15) is 0 Å². The maximum absolute atomic E-state index is 12.1. The van der Waals surface area contributed by atoms with Crippen molar-refractivity contribution in [3.8, 4) is 0 Å². The average Bonchev–Trinajstić information content (AvgIpc) is 3.00. The van der Waals surface area contributed by atoms with E-state index >= 15 is 0 Å². The second-order valence-electron chi connectivity index (χ2n) is 4.68. The Morgan fingerprint density at radius 2 is 1.84 bits per heavy atom. The number of rotatable bonds is 5. The van der Waals surface area contributed by atoms with Crippen LogP contribution in [0.1, 0.15) is 17.5 Å². The molecule has 0 saturated heterocycles. The van der Waals surface area contributed by atoms with Gasteiger partial charge in [0.1, 0.15) is 4.92 Å². The van der Waals surface area contributed by atoms with Crippen molar-refractivity contribution in [1.29, 1.82) is 0 Å². The van der Waals surface area contributed by atoms with Crippen molar-refractivity contribution in [3.63, 3.8) is 0 Å². The molecule has 8 nitrogen and oxygen atoms in total. The third-order valence-electron chi connectivity index (χ3n) is 2.88. The van der Waals surface area contributed by atoms with E-state index < -0.39 is 34.5 Å². The summed E-state index contributed by atoms with van der Waals surface area (Å²) in [5, 5.41) is 13.4. The van der Waals surface area contributed by atoms with Crippen LogP contribution in [0, 0.1) is 10.1 Å². The number of amides is 1. The number of hydrogen-bond acceptors (Lipinski definition) is 6. The minimum Gasteiger partial charge on any atom is -0.447 e. The molecule has 1 atom stereocenters. The van der Waals surface area contributed by atoms with E-state index in [0.717, 1.165) is 12.1 Å². The van der Waals surface area contributed by atoms with Gasteiger partial charge in [-0.15, -0.1) is 0 Å². The second kappa shape index (κ2) is 7.73. The Kier molecular flexibility index (Phi) is 5.89. The van der Waals surface area contributed by atoms with E-state index in [9.17, 15) is 19.7 Å². The number of nitrogens with one attached hydrogen (secondary N) is 1. The van der Waals surface area contributed by atoms with Crippen LogP contribution in [-0.4, -0.2) is 22.9 Å². The van der Waals surface area contributed by atoms with Gasteiger partial charge in [0.25, 0.3) is 5.91 Å². The zero-order valence-corrected chi connectivity index (χ0v) is 14.7. The summed E-state index contributed by atoms with van der Waals surface area (Å²) in [5.74, 6) is -2.79. The van der Waals surface area contributed by atoms with Gasteiger partial charge in [-0.25, -0.2) is 4.79 Å². The summed E-state index contributed by atoms with van der Waals surface area (Å²) >= 11 is 17.7. The minimum atomic E-state index is -1.25. The summed E-state index contributed by atoms with van der Waals surface area (Å²) in [6, 6.07) is 4.82. The number of carbonyl (C=O) groups excluding carboxylic acids is 2. The molecule has 0 bridgehead atoms. The van der Waals surface area contributed by atoms with E-state index in [1.54, 1.807) is 0 Å². The van der Waals surface area contributed by atoms with Crippen LogP contribution in [-0.2, 0) is 9.53 Å². The molecule has 0 spiro atoms. The first-order chi connectivity index (χ1) is 11.7. The fourth-order valence-corrected chi connectivity index (χ4v) is 2.61. The molecule has 0 aliphatic carbocycles. The summed E-state index contributed by atoms with van der Waals surface area (Å²) in [6.07, 6.45) is -1.25. The number of anilines is 1.